The van der Waals surface area contributed by atoms with Crippen LogP contribution in [-0.2, 0) is 20.9 Å². The molecule has 1 heterocycles. The number of rotatable bonds is 4. The molecule has 1 saturated heterocycles. The number of nitrogens with zero attached hydrogens (tertiary/aromatic N) is 2. The van der Waals surface area contributed by atoms with Gasteiger partial charge in [0.25, 0.3) is 5.70 Å². The number of hydrogen-bond donors (Lipinski definition) is 0. The molecule has 0 unspecified atom stereocenters. The molecule has 2 fully saturated rings. The van der Waals surface area contributed by atoms with E-state index < -0.39 is 5.97 Å². The Morgan fingerprint density at radius 3 is 2.31 bits per heavy atom. The number of hydrogen-bond acceptors (Lipinski definition) is 4. The Bertz CT molecular complexity index is 790. The lowest BCUT2D eigenvalue weighted by molar-refractivity contribution is -0.138. The molecule has 0 bridgehead atoms. The zero-order valence-electron chi connectivity index (χ0n) is 17.0. The van der Waals surface area contributed by atoms with Crippen molar-refractivity contribution in [3.05, 3.63) is 58.6 Å². The smallest absolute Gasteiger partial charge is 0.410 e. The number of esters is 1. The zero-order valence-corrected chi connectivity index (χ0v) is 17.0. The Balaban J connectivity index is 1.50. The maximum absolute atomic E-state index is 12.4. The lowest BCUT2D eigenvalue weighted by atomic mass is 9.66. The van der Waals surface area contributed by atoms with Gasteiger partial charge in [0.2, 0.25) is 0 Å². The van der Waals surface area contributed by atoms with Crippen LogP contribution >= 0.6 is 0 Å². The average molecular weight is 396 g/mol. The van der Waals surface area contributed by atoms with Crippen LogP contribution in [-0.4, -0.2) is 36.7 Å². The second-order valence-electron chi connectivity index (χ2n) is 7.81. The van der Waals surface area contributed by atoms with Gasteiger partial charge in [0, 0.05) is 13.1 Å². The lowest BCUT2D eigenvalue weighted by Gasteiger charge is -2.44. The molecule has 1 aliphatic heterocycles. The molecule has 154 valence electrons. The first-order valence-electron chi connectivity index (χ1n) is 10.3. The maximum atomic E-state index is 12.4. The van der Waals surface area contributed by atoms with Gasteiger partial charge in [-0.25, -0.2) is 9.64 Å². The van der Waals surface area contributed by atoms with Crippen LogP contribution in [0.5, 0.6) is 0 Å². The van der Waals surface area contributed by atoms with E-state index in [1.807, 2.05) is 30.3 Å². The number of amides is 1. The third-order valence-electron chi connectivity index (χ3n) is 6.12. The van der Waals surface area contributed by atoms with Crippen LogP contribution in [0.2, 0.25) is 0 Å². The molecule has 6 heteroatoms. The lowest BCUT2D eigenvalue weighted by Crippen LogP contribution is -2.44. The van der Waals surface area contributed by atoms with E-state index in [9.17, 15) is 9.59 Å². The van der Waals surface area contributed by atoms with Gasteiger partial charge in [0.1, 0.15) is 6.61 Å². The molecule has 0 radical (unpaired) electrons. The highest BCUT2D eigenvalue weighted by atomic mass is 16.6. The molecule has 2 aliphatic rings. The second kappa shape index (κ2) is 9.60. The standard InChI is InChI=1S/C23H28N2O4/c1-3-28-21(26)20(24-2)19-9-11-23(12-10-19)13-15-25(16-14-23)22(27)29-17-18-7-5-4-6-8-18/h4-8H,3,9-17H2,1H3. The van der Waals surface area contributed by atoms with Gasteiger partial charge in [-0.15, -0.1) is 0 Å². The van der Waals surface area contributed by atoms with Crippen molar-refractivity contribution in [3.8, 4) is 0 Å². The summed E-state index contributed by atoms with van der Waals surface area (Å²) in [5.41, 5.74) is 2.28. The van der Waals surface area contributed by atoms with Crippen LogP contribution in [0, 0.1) is 12.0 Å². The molecule has 1 aromatic carbocycles. The Morgan fingerprint density at radius 2 is 1.72 bits per heavy atom. The summed E-state index contributed by atoms with van der Waals surface area (Å²) < 4.78 is 10.5. The van der Waals surface area contributed by atoms with Crippen LogP contribution in [0.25, 0.3) is 4.85 Å². The number of ether oxygens (including phenoxy) is 2. The van der Waals surface area contributed by atoms with E-state index in [0.29, 0.717) is 19.7 Å². The highest BCUT2D eigenvalue weighted by Crippen LogP contribution is 2.47. The Morgan fingerprint density at radius 1 is 1.07 bits per heavy atom. The van der Waals surface area contributed by atoms with Gasteiger partial charge < -0.3 is 14.4 Å². The van der Waals surface area contributed by atoms with Crippen molar-refractivity contribution in [1.82, 2.24) is 4.90 Å². The summed E-state index contributed by atoms with van der Waals surface area (Å²) in [5, 5.41) is 0. The summed E-state index contributed by atoms with van der Waals surface area (Å²) in [7, 11) is 0. The fraction of sp³-hybridized carbons (Fsp3) is 0.522. The molecule has 0 aromatic heterocycles. The van der Waals surface area contributed by atoms with Gasteiger partial charge in [-0.1, -0.05) is 35.9 Å². The third kappa shape index (κ3) is 5.17. The topological polar surface area (TPSA) is 60.2 Å². The summed E-state index contributed by atoms with van der Waals surface area (Å²) in [6, 6.07) is 9.69. The minimum atomic E-state index is -0.496. The van der Waals surface area contributed by atoms with Crippen molar-refractivity contribution in [2.24, 2.45) is 5.41 Å². The monoisotopic (exact) mass is 396 g/mol. The van der Waals surface area contributed by atoms with Crippen LogP contribution in [0.4, 0.5) is 4.79 Å². The summed E-state index contributed by atoms with van der Waals surface area (Å²) in [6.45, 7) is 11.0. The van der Waals surface area contributed by atoms with Gasteiger partial charge in [-0.05, 0) is 56.4 Å². The quantitative estimate of drug-likeness (QED) is 0.420. The molecule has 1 aliphatic carbocycles. The summed E-state index contributed by atoms with van der Waals surface area (Å²) in [4.78, 5) is 29.6. The largest absolute Gasteiger partial charge is 0.471 e. The van der Waals surface area contributed by atoms with E-state index in [-0.39, 0.29) is 23.8 Å². The molecule has 1 saturated carbocycles. The molecule has 1 spiro atoms. The molecule has 29 heavy (non-hydrogen) atoms. The third-order valence-corrected chi connectivity index (χ3v) is 6.12. The molecule has 1 amide bonds. The van der Waals surface area contributed by atoms with Gasteiger partial charge in [-0.3, -0.25) is 4.79 Å². The Labute approximate surface area is 172 Å². The van der Waals surface area contributed by atoms with Crippen molar-refractivity contribution in [3.63, 3.8) is 0 Å². The van der Waals surface area contributed by atoms with E-state index in [2.05, 4.69) is 4.85 Å². The highest BCUT2D eigenvalue weighted by molar-refractivity contribution is 5.91. The number of likely N-dealkylation sites (tertiary alicyclic amines) is 1. The number of carbonyl (C=O) groups excluding carboxylic acids is 2. The number of allylic oxidation sites excluding steroid dienone is 1. The van der Waals surface area contributed by atoms with E-state index in [0.717, 1.165) is 49.7 Å². The normalized spacial score (nSPS) is 18.1. The molecular formula is C23H28N2O4. The molecule has 0 atom stereocenters. The molecule has 1 aromatic rings. The van der Waals surface area contributed by atoms with E-state index in [1.54, 1.807) is 11.8 Å². The van der Waals surface area contributed by atoms with Crippen molar-refractivity contribution in [2.45, 2.75) is 52.1 Å². The van der Waals surface area contributed by atoms with E-state index >= 15 is 0 Å². The van der Waals surface area contributed by atoms with Gasteiger partial charge in [0.05, 0.1) is 13.2 Å². The number of benzene rings is 1. The Hall–Kier alpha value is -2.81. The van der Waals surface area contributed by atoms with Crippen molar-refractivity contribution < 1.29 is 19.1 Å². The van der Waals surface area contributed by atoms with Crippen LogP contribution in [0.15, 0.2) is 41.6 Å². The number of piperidine rings is 1. The SMILES string of the molecule is [C-]#[N+]C(C(=O)OCC)=C1CCC2(CC1)CCN(C(=O)OCc1ccccc1)CC2. The fourth-order valence-electron chi connectivity index (χ4n) is 4.26. The minimum absolute atomic E-state index is 0.170. The highest BCUT2D eigenvalue weighted by Gasteiger charge is 2.39. The summed E-state index contributed by atoms with van der Waals surface area (Å²) in [6.07, 6.45) is 5.05. The first-order valence-corrected chi connectivity index (χ1v) is 10.3. The summed E-state index contributed by atoms with van der Waals surface area (Å²) in [5.74, 6) is -0.496. The van der Waals surface area contributed by atoms with Gasteiger partial charge >= 0.3 is 12.1 Å². The molecule has 3 rings (SSSR count). The molecule has 0 N–H and O–H groups in total. The zero-order chi connectivity index (χ0) is 20.7. The number of carbonyl (C=O) groups is 2. The minimum Gasteiger partial charge on any atom is -0.471 e. The van der Waals surface area contributed by atoms with Crippen LogP contribution in [0.1, 0.15) is 51.0 Å². The van der Waals surface area contributed by atoms with Crippen molar-refractivity contribution in [1.29, 1.82) is 0 Å². The fourth-order valence-corrected chi connectivity index (χ4v) is 4.26. The first-order chi connectivity index (χ1) is 14.1. The van der Waals surface area contributed by atoms with E-state index in [4.69, 9.17) is 16.0 Å². The first kappa shape index (κ1) is 20.9. The van der Waals surface area contributed by atoms with Crippen LogP contribution in [0.3, 0.4) is 0 Å². The maximum Gasteiger partial charge on any atom is 0.410 e. The molecule has 6 nitrogen and oxygen atoms in total. The van der Waals surface area contributed by atoms with Crippen molar-refractivity contribution in [2.75, 3.05) is 19.7 Å². The molecular weight excluding hydrogens is 368 g/mol. The van der Waals surface area contributed by atoms with Crippen molar-refractivity contribution >= 4 is 12.1 Å². The average Bonchev–Trinajstić information content (AvgIpc) is 2.75. The van der Waals surface area contributed by atoms with Gasteiger partial charge in [0.15, 0.2) is 0 Å². The second-order valence-corrected chi connectivity index (χ2v) is 7.81. The van der Waals surface area contributed by atoms with Gasteiger partial charge in [-0.2, -0.15) is 0 Å². The Kier molecular flexibility index (Phi) is 6.92. The summed E-state index contributed by atoms with van der Waals surface area (Å²) >= 11 is 0. The van der Waals surface area contributed by atoms with E-state index in [1.165, 1.54) is 0 Å². The predicted octanol–water partition coefficient (Wildman–Crippen LogP) is 4.72. The van der Waals surface area contributed by atoms with Crippen LogP contribution < -0.4 is 0 Å². The predicted molar refractivity (Wildman–Crippen MR) is 109 cm³/mol.